The summed E-state index contributed by atoms with van der Waals surface area (Å²) < 4.78 is 38.6. The van der Waals surface area contributed by atoms with Crippen LogP contribution in [0.3, 0.4) is 0 Å². The van der Waals surface area contributed by atoms with Gasteiger partial charge in [-0.1, -0.05) is 17.7 Å². The Labute approximate surface area is 141 Å². The van der Waals surface area contributed by atoms with Gasteiger partial charge in [-0.15, -0.1) is 6.58 Å². The van der Waals surface area contributed by atoms with E-state index in [9.17, 15) is 18.0 Å². The molecule has 0 fully saturated rings. The number of aromatic nitrogens is 1. The van der Waals surface area contributed by atoms with Gasteiger partial charge in [0.15, 0.2) is 0 Å². The summed E-state index contributed by atoms with van der Waals surface area (Å²) >= 11 is 5.58. The molecule has 0 aliphatic rings. The number of pyridine rings is 1. The Kier molecular flexibility index (Phi) is 5.46. The molecule has 0 aliphatic heterocycles. The molecule has 1 amide bonds. The number of alkyl halides is 3. The first-order chi connectivity index (χ1) is 11.3. The van der Waals surface area contributed by atoms with Crippen molar-refractivity contribution in [2.75, 3.05) is 11.9 Å². The second-order valence-corrected chi connectivity index (χ2v) is 5.19. The summed E-state index contributed by atoms with van der Waals surface area (Å²) in [5, 5.41) is 4.97. The van der Waals surface area contributed by atoms with Gasteiger partial charge in [-0.05, 0) is 24.3 Å². The molecule has 0 radical (unpaired) electrons. The number of hydrogen-bond donors (Lipinski definition) is 2. The van der Waals surface area contributed by atoms with Gasteiger partial charge in [0.05, 0.1) is 28.0 Å². The van der Waals surface area contributed by atoms with E-state index in [1.54, 1.807) is 0 Å². The molecular weight excluding hydrogens is 343 g/mol. The van der Waals surface area contributed by atoms with Crippen LogP contribution in [0.15, 0.2) is 49.3 Å². The minimum absolute atomic E-state index is 0.178. The Morgan fingerprint density at radius 1 is 1.25 bits per heavy atom. The molecule has 0 bridgehead atoms. The lowest BCUT2D eigenvalue weighted by Crippen LogP contribution is -2.23. The van der Waals surface area contributed by atoms with Crippen molar-refractivity contribution in [3.63, 3.8) is 0 Å². The number of nitrogens with one attached hydrogen (secondary N) is 2. The molecule has 0 saturated heterocycles. The molecule has 8 heteroatoms. The fraction of sp³-hybridized carbons (Fsp3) is 0.125. The molecule has 0 unspecified atom stereocenters. The highest BCUT2D eigenvalue weighted by molar-refractivity contribution is 6.31. The van der Waals surface area contributed by atoms with Gasteiger partial charge >= 0.3 is 6.18 Å². The summed E-state index contributed by atoms with van der Waals surface area (Å²) in [6, 6.07) is 4.93. The summed E-state index contributed by atoms with van der Waals surface area (Å²) in [7, 11) is 0. The third kappa shape index (κ3) is 4.48. The minimum atomic E-state index is -4.56. The van der Waals surface area contributed by atoms with E-state index in [4.69, 9.17) is 11.6 Å². The quantitative estimate of drug-likeness (QED) is 0.781. The summed E-state index contributed by atoms with van der Waals surface area (Å²) in [5.74, 6) is -0.363. The van der Waals surface area contributed by atoms with Gasteiger partial charge in [-0.25, -0.2) is 0 Å². The number of carbonyl (C=O) groups excluding carboxylic acids is 1. The number of rotatable bonds is 5. The number of nitrogens with zero attached hydrogens (tertiary/aromatic N) is 1. The van der Waals surface area contributed by atoms with Crippen LogP contribution in [-0.4, -0.2) is 17.4 Å². The van der Waals surface area contributed by atoms with Crippen molar-refractivity contribution in [2.24, 2.45) is 0 Å². The van der Waals surface area contributed by atoms with Crippen molar-refractivity contribution >= 4 is 28.9 Å². The van der Waals surface area contributed by atoms with Gasteiger partial charge in [-0.3, -0.25) is 9.78 Å². The van der Waals surface area contributed by atoms with Gasteiger partial charge in [0.1, 0.15) is 0 Å². The second-order valence-electron chi connectivity index (χ2n) is 4.78. The van der Waals surface area contributed by atoms with Crippen molar-refractivity contribution < 1.29 is 18.0 Å². The molecule has 0 aliphatic carbocycles. The highest BCUT2D eigenvalue weighted by Gasteiger charge is 2.33. The second kappa shape index (κ2) is 7.35. The number of carbonyl (C=O) groups is 1. The average molecular weight is 356 g/mol. The Bertz CT molecular complexity index is 762. The van der Waals surface area contributed by atoms with Crippen LogP contribution in [0.2, 0.25) is 5.02 Å². The predicted molar refractivity (Wildman–Crippen MR) is 86.5 cm³/mol. The van der Waals surface area contributed by atoms with Gasteiger partial charge < -0.3 is 10.6 Å². The van der Waals surface area contributed by atoms with Gasteiger partial charge in [0, 0.05) is 18.4 Å². The van der Waals surface area contributed by atoms with E-state index >= 15 is 0 Å². The van der Waals surface area contributed by atoms with Crippen LogP contribution in [0, 0.1) is 0 Å². The van der Waals surface area contributed by atoms with Gasteiger partial charge in [0.2, 0.25) is 0 Å². The Balaban J connectivity index is 2.23. The van der Waals surface area contributed by atoms with E-state index in [1.807, 2.05) is 0 Å². The number of amides is 1. The van der Waals surface area contributed by atoms with Gasteiger partial charge in [0.25, 0.3) is 5.91 Å². The van der Waals surface area contributed by atoms with Crippen molar-refractivity contribution in [3.8, 4) is 0 Å². The monoisotopic (exact) mass is 355 g/mol. The Morgan fingerprint density at radius 3 is 2.67 bits per heavy atom. The first kappa shape index (κ1) is 17.8. The summed E-state index contributed by atoms with van der Waals surface area (Å²) in [5.41, 5.74) is -0.122. The van der Waals surface area contributed by atoms with Crippen LogP contribution in [-0.2, 0) is 6.18 Å². The van der Waals surface area contributed by atoms with Crippen molar-refractivity contribution in [3.05, 3.63) is 65.5 Å². The van der Waals surface area contributed by atoms with Gasteiger partial charge in [-0.2, -0.15) is 13.2 Å². The lowest BCUT2D eigenvalue weighted by atomic mass is 10.2. The summed E-state index contributed by atoms with van der Waals surface area (Å²) in [6.07, 6.45) is -0.280. The van der Waals surface area contributed by atoms with Crippen LogP contribution in [0.4, 0.5) is 24.5 Å². The summed E-state index contributed by atoms with van der Waals surface area (Å²) in [6.45, 7) is 3.78. The van der Waals surface area contributed by atoms with Crippen molar-refractivity contribution in [1.82, 2.24) is 10.3 Å². The van der Waals surface area contributed by atoms with E-state index in [1.165, 1.54) is 30.6 Å². The number of anilines is 2. The third-order valence-electron chi connectivity index (χ3n) is 2.97. The molecule has 1 aromatic carbocycles. The zero-order chi connectivity index (χ0) is 17.7. The molecular formula is C16H13ClF3N3O. The molecule has 126 valence electrons. The average Bonchev–Trinajstić information content (AvgIpc) is 2.53. The maximum atomic E-state index is 12.9. The fourth-order valence-electron chi connectivity index (χ4n) is 1.89. The minimum Gasteiger partial charge on any atom is -0.354 e. The van der Waals surface area contributed by atoms with E-state index in [-0.39, 0.29) is 22.2 Å². The molecule has 2 N–H and O–H groups in total. The first-order valence-corrected chi connectivity index (χ1v) is 7.17. The molecule has 2 rings (SSSR count). The molecule has 2 aromatic rings. The van der Waals surface area contributed by atoms with Crippen LogP contribution >= 0.6 is 11.6 Å². The van der Waals surface area contributed by atoms with E-state index in [0.717, 1.165) is 12.1 Å². The zero-order valence-electron chi connectivity index (χ0n) is 12.3. The maximum Gasteiger partial charge on any atom is 0.417 e. The van der Waals surface area contributed by atoms with Crippen molar-refractivity contribution in [1.29, 1.82) is 0 Å². The standard InChI is InChI=1S/C16H13ClF3N3O/c1-2-5-22-15(24)10-6-12(9-21-8-10)23-11-3-4-14(17)13(7-11)16(18,19)20/h2-4,6-9,23H,1,5H2,(H,22,24). The van der Waals surface area contributed by atoms with Crippen LogP contribution in [0.25, 0.3) is 0 Å². The number of halogens is 4. The zero-order valence-corrected chi connectivity index (χ0v) is 13.1. The highest BCUT2D eigenvalue weighted by atomic mass is 35.5. The van der Waals surface area contributed by atoms with Crippen LogP contribution in [0.5, 0.6) is 0 Å². The van der Waals surface area contributed by atoms with Crippen LogP contribution in [0.1, 0.15) is 15.9 Å². The summed E-state index contributed by atoms with van der Waals surface area (Å²) in [4.78, 5) is 15.7. The number of benzene rings is 1. The third-order valence-corrected chi connectivity index (χ3v) is 3.30. The molecule has 1 heterocycles. The largest absolute Gasteiger partial charge is 0.417 e. The predicted octanol–water partition coefficient (Wildman–Crippen LogP) is 4.41. The Morgan fingerprint density at radius 2 is 2.00 bits per heavy atom. The molecule has 0 atom stereocenters. The normalized spacial score (nSPS) is 11.0. The fourth-order valence-corrected chi connectivity index (χ4v) is 2.11. The van der Waals surface area contributed by atoms with E-state index in [0.29, 0.717) is 12.2 Å². The molecule has 0 saturated carbocycles. The van der Waals surface area contributed by atoms with Crippen LogP contribution < -0.4 is 10.6 Å². The van der Waals surface area contributed by atoms with E-state index < -0.39 is 11.7 Å². The lowest BCUT2D eigenvalue weighted by molar-refractivity contribution is -0.137. The smallest absolute Gasteiger partial charge is 0.354 e. The number of hydrogen-bond acceptors (Lipinski definition) is 3. The SMILES string of the molecule is C=CCNC(=O)c1cncc(Nc2ccc(Cl)c(C(F)(F)F)c2)c1. The molecule has 24 heavy (non-hydrogen) atoms. The maximum absolute atomic E-state index is 12.9. The molecule has 0 spiro atoms. The Hall–Kier alpha value is -2.54. The topological polar surface area (TPSA) is 54.0 Å². The molecule has 1 aromatic heterocycles. The van der Waals surface area contributed by atoms with Crippen molar-refractivity contribution in [2.45, 2.75) is 6.18 Å². The van der Waals surface area contributed by atoms with E-state index in [2.05, 4.69) is 22.2 Å². The molecule has 4 nitrogen and oxygen atoms in total. The lowest BCUT2D eigenvalue weighted by Gasteiger charge is -2.12. The first-order valence-electron chi connectivity index (χ1n) is 6.79. The highest BCUT2D eigenvalue weighted by Crippen LogP contribution is 2.36.